The largest absolute Gasteiger partial charge is 0.460 e. The summed E-state index contributed by atoms with van der Waals surface area (Å²) in [6.07, 6.45) is -0.272. The Labute approximate surface area is 101 Å². The number of esters is 1. The van der Waals surface area contributed by atoms with Crippen LogP contribution in [0.15, 0.2) is 30.3 Å². The summed E-state index contributed by atoms with van der Waals surface area (Å²) in [6, 6.07) is 8.98. The lowest BCUT2D eigenvalue weighted by Gasteiger charge is -2.19. The number of anilines is 1. The normalized spacial score (nSPS) is 10.8. The maximum Gasteiger partial charge on any atom is 0.315 e. The standard InChI is InChI=1S/C13H17NO3/c1-13(2,3)17-12(16)9-11(15)14-10-7-5-4-6-8-10/h4-8H,9H2,1-3H3,(H,14,15). The fraction of sp³-hybridized carbons (Fsp3) is 0.385. The van der Waals surface area contributed by atoms with Gasteiger partial charge in [0.05, 0.1) is 0 Å². The first-order valence-corrected chi connectivity index (χ1v) is 5.43. The highest BCUT2D eigenvalue weighted by atomic mass is 16.6. The lowest BCUT2D eigenvalue weighted by atomic mass is 10.2. The number of amides is 1. The third-order valence-corrected chi connectivity index (χ3v) is 1.78. The number of para-hydroxylation sites is 1. The third kappa shape index (κ3) is 5.70. The summed E-state index contributed by atoms with van der Waals surface area (Å²) in [5.74, 6) is -0.892. The van der Waals surface area contributed by atoms with E-state index in [-0.39, 0.29) is 12.3 Å². The first-order chi connectivity index (χ1) is 7.87. The minimum Gasteiger partial charge on any atom is -0.460 e. The van der Waals surface area contributed by atoms with Crippen LogP contribution in [0.4, 0.5) is 5.69 Å². The fourth-order valence-electron chi connectivity index (χ4n) is 1.24. The van der Waals surface area contributed by atoms with Crippen LogP contribution in [0.25, 0.3) is 0 Å². The first-order valence-electron chi connectivity index (χ1n) is 5.43. The summed E-state index contributed by atoms with van der Waals surface area (Å²) >= 11 is 0. The maximum atomic E-state index is 11.5. The van der Waals surface area contributed by atoms with Crippen LogP contribution >= 0.6 is 0 Å². The van der Waals surface area contributed by atoms with E-state index >= 15 is 0 Å². The van der Waals surface area contributed by atoms with Crippen LogP contribution in [-0.4, -0.2) is 17.5 Å². The van der Waals surface area contributed by atoms with E-state index in [1.54, 1.807) is 32.9 Å². The van der Waals surface area contributed by atoms with Crippen molar-refractivity contribution < 1.29 is 14.3 Å². The predicted octanol–water partition coefficient (Wildman–Crippen LogP) is 2.36. The van der Waals surface area contributed by atoms with Crippen LogP contribution < -0.4 is 5.32 Å². The van der Waals surface area contributed by atoms with Crippen LogP contribution in [0.1, 0.15) is 27.2 Å². The molecule has 0 atom stereocenters. The molecule has 0 aliphatic rings. The molecule has 0 aliphatic carbocycles. The lowest BCUT2D eigenvalue weighted by molar-refractivity contribution is -0.155. The van der Waals surface area contributed by atoms with Crippen molar-refractivity contribution in [2.75, 3.05) is 5.32 Å². The topological polar surface area (TPSA) is 55.4 Å². The van der Waals surface area contributed by atoms with E-state index in [0.717, 1.165) is 0 Å². The van der Waals surface area contributed by atoms with Crippen LogP contribution in [-0.2, 0) is 14.3 Å². The van der Waals surface area contributed by atoms with Gasteiger partial charge in [0.1, 0.15) is 12.0 Å². The summed E-state index contributed by atoms with van der Waals surface area (Å²) in [7, 11) is 0. The van der Waals surface area contributed by atoms with E-state index in [9.17, 15) is 9.59 Å². The van der Waals surface area contributed by atoms with E-state index in [4.69, 9.17) is 4.74 Å². The van der Waals surface area contributed by atoms with Gasteiger partial charge < -0.3 is 10.1 Å². The smallest absolute Gasteiger partial charge is 0.315 e. The Balaban J connectivity index is 2.43. The number of ether oxygens (including phenoxy) is 1. The molecule has 0 bridgehead atoms. The van der Waals surface area contributed by atoms with Gasteiger partial charge >= 0.3 is 5.97 Å². The number of benzene rings is 1. The van der Waals surface area contributed by atoms with Crippen molar-refractivity contribution in [3.05, 3.63) is 30.3 Å². The summed E-state index contributed by atoms with van der Waals surface area (Å²) < 4.78 is 5.05. The van der Waals surface area contributed by atoms with Crippen molar-refractivity contribution in [1.29, 1.82) is 0 Å². The SMILES string of the molecule is CC(C)(C)OC(=O)CC(=O)Nc1ccccc1. The molecule has 92 valence electrons. The quantitative estimate of drug-likeness (QED) is 0.646. The highest BCUT2D eigenvalue weighted by molar-refractivity contribution is 6.01. The fourth-order valence-corrected chi connectivity index (χ4v) is 1.24. The molecule has 0 aromatic heterocycles. The van der Waals surface area contributed by atoms with Crippen molar-refractivity contribution in [3.8, 4) is 0 Å². The summed E-state index contributed by atoms with van der Waals surface area (Å²) in [6.45, 7) is 5.29. The minimum atomic E-state index is -0.565. The van der Waals surface area contributed by atoms with Gasteiger partial charge in [-0.15, -0.1) is 0 Å². The number of nitrogens with one attached hydrogen (secondary N) is 1. The molecule has 1 aromatic rings. The molecule has 1 aromatic carbocycles. The Morgan fingerprint density at radius 2 is 1.76 bits per heavy atom. The molecular formula is C13H17NO3. The van der Waals surface area contributed by atoms with E-state index in [0.29, 0.717) is 5.69 Å². The summed E-state index contributed by atoms with van der Waals surface area (Å²) in [4.78, 5) is 22.9. The Bertz CT molecular complexity index is 393. The average Bonchev–Trinajstić information content (AvgIpc) is 2.15. The van der Waals surface area contributed by atoms with E-state index < -0.39 is 11.6 Å². The second kappa shape index (κ2) is 5.48. The minimum absolute atomic E-state index is 0.272. The Morgan fingerprint density at radius 3 is 2.29 bits per heavy atom. The van der Waals surface area contributed by atoms with E-state index in [2.05, 4.69) is 5.32 Å². The Kier molecular flexibility index (Phi) is 4.26. The number of hydrogen-bond acceptors (Lipinski definition) is 3. The lowest BCUT2D eigenvalue weighted by Crippen LogP contribution is -2.27. The predicted molar refractivity (Wildman–Crippen MR) is 65.5 cm³/mol. The van der Waals surface area contributed by atoms with Gasteiger partial charge in [-0.1, -0.05) is 18.2 Å². The zero-order chi connectivity index (χ0) is 12.9. The molecule has 0 aliphatic heterocycles. The van der Waals surface area contributed by atoms with Crippen LogP contribution in [0.5, 0.6) is 0 Å². The third-order valence-electron chi connectivity index (χ3n) is 1.78. The van der Waals surface area contributed by atoms with Gasteiger partial charge in [-0.25, -0.2) is 0 Å². The van der Waals surface area contributed by atoms with Crippen molar-refractivity contribution >= 4 is 17.6 Å². The van der Waals surface area contributed by atoms with Gasteiger partial charge in [0.25, 0.3) is 0 Å². The molecule has 0 saturated heterocycles. The molecule has 1 rings (SSSR count). The van der Waals surface area contributed by atoms with Gasteiger partial charge in [0.15, 0.2) is 0 Å². The molecular weight excluding hydrogens is 218 g/mol. The molecule has 1 N–H and O–H groups in total. The molecule has 0 unspecified atom stereocenters. The number of rotatable bonds is 3. The van der Waals surface area contributed by atoms with Gasteiger partial charge in [-0.05, 0) is 32.9 Å². The van der Waals surface area contributed by atoms with Crippen LogP contribution in [0.3, 0.4) is 0 Å². The molecule has 0 saturated carbocycles. The van der Waals surface area contributed by atoms with Crippen molar-refractivity contribution in [1.82, 2.24) is 0 Å². The zero-order valence-electron chi connectivity index (χ0n) is 10.3. The Hall–Kier alpha value is -1.84. The number of hydrogen-bond donors (Lipinski definition) is 1. The second-order valence-corrected chi connectivity index (χ2v) is 4.68. The van der Waals surface area contributed by atoms with E-state index in [1.807, 2.05) is 18.2 Å². The van der Waals surface area contributed by atoms with Crippen molar-refractivity contribution in [3.63, 3.8) is 0 Å². The Morgan fingerprint density at radius 1 is 1.18 bits per heavy atom. The first kappa shape index (κ1) is 13.2. The molecule has 0 heterocycles. The van der Waals surface area contributed by atoms with Gasteiger partial charge in [-0.3, -0.25) is 9.59 Å². The molecule has 17 heavy (non-hydrogen) atoms. The number of carbonyl (C=O) groups excluding carboxylic acids is 2. The molecule has 1 amide bonds. The monoisotopic (exact) mass is 235 g/mol. The van der Waals surface area contributed by atoms with Gasteiger partial charge in [-0.2, -0.15) is 0 Å². The van der Waals surface area contributed by atoms with Crippen LogP contribution in [0, 0.1) is 0 Å². The molecule has 0 radical (unpaired) electrons. The highest BCUT2D eigenvalue weighted by Crippen LogP contribution is 2.09. The van der Waals surface area contributed by atoms with Crippen molar-refractivity contribution in [2.45, 2.75) is 32.8 Å². The maximum absolute atomic E-state index is 11.5. The molecule has 4 heteroatoms. The average molecular weight is 235 g/mol. The second-order valence-electron chi connectivity index (χ2n) is 4.68. The van der Waals surface area contributed by atoms with E-state index in [1.165, 1.54) is 0 Å². The highest BCUT2D eigenvalue weighted by Gasteiger charge is 2.18. The summed E-state index contributed by atoms with van der Waals surface area (Å²) in [5, 5.41) is 2.62. The van der Waals surface area contributed by atoms with Crippen LogP contribution in [0.2, 0.25) is 0 Å². The van der Waals surface area contributed by atoms with Gasteiger partial charge in [0, 0.05) is 5.69 Å². The zero-order valence-corrected chi connectivity index (χ0v) is 10.3. The molecule has 0 fully saturated rings. The molecule has 4 nitrogen and oxygen atoms in total. The van der Waals surface area contributed by atoms with Gasteiger partial charge in [0.2, 0.25) is 5.91 Å². The number of carbonyl (C=O) groups is 2. The summed E-state index contributed by atoms with van der Waals surface area (Å²) in [5.41, 5.74) is 0.102. The van der Waals surface area contributed by atoms with Crippen molar-refractivity contribution in [2.24, 2.45) is 0 Å². The molecule has 0 spiro atoms.